The zero-order valence-electron chi connectivity index (χ0n) is 11.2. The summed E-state index contributed by atoms with van der Waals surface area (Å²) in [7, 11) is 2.05. The van der Waals surface area contributed by atoms with E-state index in [0.29, 0.717) is 6.04 Å². The predicted octanol–water partition coefficient (Wildman–Crippen LogP) is 3.25. The topological polar surface area (TPSA) is 29.9 Å². The second-order valence-electron chi connectivity index (χ2n) is 5.65. The number of aromatic nitrogens is 2. The lowest BCUT2D eigenvalue weighted by Gasteiger charge is -2.18. The van der Waals surface area contributed by atoms with Gasteiger partial charge in [0.05, 0.1) is 23.0 Å². The molecule has 4 heteroatoms. The molecule has 0 bridgehead atoms. The van der Waals surface area contributed by atoms with Gasteiger partial charge in [0.25, 0.3) is 0 Å². The zero-order valence-corrected chi connectivity index (χ0v) is 12.0. The number of fused-ring (bicyclic) bond motifs is 1. The van der Waals surface area contributed by atoms with Crippen LogP contribution in [0.3, 0.4) is 0 Å². The number of rotatable bonds is 4. The summed E-state index contributed by atoms with van der Waals surface area (Å²) in [5.74, 6) is 2.62. The van der Waals surface area contributed by atoms with Crippen LogP contribution in [0.4, 0.5) is 0 Å². The number of halogens is 1. The third-order valence-corrected chi connectivity index (χ3v) is 5.14. The molecule has 0 aromatic carbocycles. The van der Waals surface area contributed by atoms with Crippen LogP contribution < -0.4 is 5.32 Å². The van der Waals surface area contributed by atoms with E-state index < -0.39 is 0 Å². The molecule has 3 unspecified atom stereocenters. The van der Waals surface area contributed by atoms with Crippen LogP contribution in [0.2, 0.25) is 5.02 Å². The molecule has 100 valence electrons. The van der Waals surface area contributed by atoms with Crippen molar-refractivity contribution in [1.29, 1.82) is 0 Å². The Morgan fingerprint density at radius 3 is 2.67 bits per heavy atom. The molecule has 1 aromatic heterocycles. The largest absolute Gasteiger partial charge is 0.311 e. The fourth-order valence-corrected chi connectivity index (χ4v) is 4.25. The maximum atomic E-state index is 6.34. The minimum absolute atomic E-state index is 0.382. The minimum atomic E-state index is 0.382. The summed E-state index contributed by atoms with van der Waals surface area (Å²) >= 11 is 6.34. The first kappa shape index (κ1) is 12.5. The van der Waals surface area contributed by atoms with Gasteiger partial charge in [-0.2, -0.15) is 5.10 Å². The van der Waals surface area contributed by atoms with Gasteiger partial charge >= 0.3 is 0 Å². The van der Waals surface area contributed by atoms with Crippen molar-refractivity contribution in [2.24, 2.45) is 17.8 Å². The summed E-state index contributed by atoms with van der Waals surface area (Å²) in [5, 5.41) is 8.69. The third kappa shape index (κ3) is 1.88. The molecule has 3 atom stereocenters. The molecular formula is C14H22ClN3. The summed E-state index contributed by atoms with van der Waals surface area (Å²) in [6, 6.07) is 0.382. The molecule has 2 aliphatic rings. The summed E-state index contributed by atoms with van der Waals surface area (Å²) < 4.78 is 2.05. The standard InChI is InChI=1S/C14H22ClN3/c1-3-18-14(11(15)8-17-18)13(16-2)12-9-6-4-5-7-10(9)12/h8-10,12-13,16H,3-7H2,1-2H3. The summed E-state index contributed by atoms with van der Waals surface area (Å²) in [6.07, 6.45) is 7.43. The summed E-state index contributed by atoms with van der Waals surface area (Å²) in [6.45, 7) is 3.02. The number of hydrogen-bond acceptors (Lipinski definition) is 2. The van der Waals surface area contributed by atoms with Crippen molar-refractivity contribution < 1.29 is 0 Å². The Balaban J connectivity index is 1.86. The van der Waals surface area contributed by atoms with Crippen molar-refractivity contribution >= 4 is 11.6 Å². The van der Waals surface area contributed by atoms with Gasteiger partial charge < -0.3 is 5.32 Å². The highest BCUT2D eigenvalue weighted by molar-refractivity contribution is 6.31. The Labute approximate surface area is 114 Å². The van der Waals surface area contributed by atoms with Crippen molar-refractivity contribution in [2.75, 3.05) is 7.05 Å². The number of hydrogen-bond donors (Lipinski definition) is 1. The molecule has 0 amide bonds. The van der Waals surface area contributed by atoms with Gasteiger partial charge in [-0.1, -0.05) is 24.4 Å². The Bertz CT molecular complexity index is 417. The number of nitrogens with zero attached hydrogens (tertiary/aromatic N) is 2. The summed E-state index contributed by atoms with van der Waals surface area (Å²) in [5.41, 5.74) is 1.20. The minimum Gasteiger partial charge on any atom is -0.311 e. The SMILES string of the molecule is CCn1ncc(Cl)c1C(NC)C1C2CCCCC21. The van der Waals surface area contributed by atoms with Crippen molar-refractivity contribution in [3.05, 3.63) is 16.9 Å². The fraction of sp³-hybridized carbons (Fsp3) is 0.786. The van der Waals surface area contributed by atoms with Gasteiger partial charge in [0, 0.05) is 6.54 Å². The van der Waals surface area contributed by atoms with E-state index in [1.807, 2.05) is 4.68 Å². The second-order valence-corrected chi connectivity index (χ2v) is 6.06. The quantitative estimate of drug-likeness (QED) is 0.908. The van der Waals surface area contributed by atoms with E-state index in [9.17, 15) is 0 Å². The van der Waals surface area contributed by atoms with E-state index in [1.54, 1.807) is 6.20 Å². The van der Waals surface area contributed by atoms with E-state index in [2.05, 4.69) is 24.4 Å². The Kier molecular flexibility index (Phi) is 3.37. The number of nitrogens with one attached hydrogen (secondary N) is 1. The van der Waals surface area contributed by atoms with E-state index in [-0.39, 0.29) is 0 Å². The molecular weight excluding hydrogens is 246 g/mol. The fourth-order valence-electron chi connectivity index (χ4n) is 3.99. The van der Waals surface area contributed by atoms with Crippen LogP contribution in [-0.4, -0.2) is 16.8 Å². The molecule has 2 fully saturated rings. The first-order valence-electron chi connectivity index (χ1n) is 7.16. The Morgan fingerprint density at radius 1 is 1.44 bits per heavy atom. The smallest absolute Gasteiger partial charge is 0.0834 e. The van der Waals surface area contributed by atoms with Gasteiger partial charge in [-0.25, -0.2) is 0 Å². The van der Waals surface area contributed by atoms with Crippen molar-refractivity contribution in [3.8, 4) is 0 Å². The maximum Gasteiger partial charge on any atom is 0.0834 e. The Morgan fingerprint density at radius 2 is 2.11 bits per heavy atom. The van der Waals surface area contributed by atoms with Crippen molar-refractivity contribution in [3.63, 3.8) is 0 Å². The second kappa shape index (κ2) is 4.86. The highest BCUT2D eigenvalue weighted by atomic mass is 35.5. The average Bonchev–Trinajstić information content (AvgIpc) is 3.00. The molecule has 0 spiro atoms. The van der Waals surface area contributed by atoms with Crippen molar-refractivity contribution in [2.45, 2.75) is 45.2 Å². The molecule has 18 heavy (non-hydrogen) atoms. The monoisotopic (exact) mass is 267 g/mol. The highest BCUT2D eigenvalue weighted by Crippen LogP contribution is 2.60. The maximum absolute atomic E-state index is 6.34. The first-order chi connectivity index (χ1) is 8.77. The van der Waals surface area contributed by atoms with Crippen LogP contribution in [0.15, 0.2) is 6.20 Å². The van der Waals surface area contributed by atoms with Gasteiger partial charge in [0.2, 0.25) is 0 Å². The van der Waals surface area contributed by atoms with Gasteiger partial charge in [0.1, 0.15) is 0 Å². The van der Waals surface area contributed by atoms with E-state index in [1.165, 1.54) is 31.4 Å². The number of aryl methyl sites for hydroxylation is 1. The van der Waals surface area contributed by atoms with Crippen LogP contribution >= 0.6 is 11.6 Å². The Hall–Kier alpha value is -0.540. The first-order valence-corrected chi connectivity index (χ1v) is 7.54. The van der Waals surface area contributed by atoms with Crippen LogP contribution in [-0.2, 0) is 6.54 Å². The van der Waals surface area contributed by atoms with E-state index >= 15 is 0 Å². The van der Waals surface area contributed by atoms with E-state index in [4.69, 9.17) is 11.6 Å². The molecule has 1 aromatic rings. The lowest BCUT2D eigenvalue weighted by atomic mass is 10.0. The molecule has 2 aliphatic carbocycles. The molecule has 2 saturated carbocycles. The van der Waals surface area contributed by atoms with E-state index in [0.717, 1.165) is 29.3 Å². The third-order valence-electron chi connectivity index (χ3n) is 4.85. The molecule has 1 heterocycles. The summed E-state index contributed by atoms with van der Waals surface area (Å²) in [4.78, 5) is 0. The van der Waals surface area contributed by atoms with Gasteiger partial charge in [0.15, 0.2) is 0 Å². The van der Waals surface area contributed by atoms with Crippen molar-refractivity contribution in [1.82, 2.24) is 15.1 Å². The molecule has 3 nitrogen and oxygen atoms in total. The normalized spacial score (nSPS) is 32.1. The predicted molar refractivity (Wildman–Crippen MR) is 73.6 cm³/mol. The van der Waals surface area contributed by atoms with Gasteiger partial charge in [-0.05, 0) is 44.6 Å². The van der Waals surface area contributed by atoms with Crippen LogP contribution in [0.25, 0.3) is 0 Å². The van der Waals surface area contributed by atoms with Gasteiger partial charge in [-0.15, -0.1) is 0 Å². The average molecular weight is 268 g/mol. The highest BCUT2D eigenvalue weighted by Gasteiger charge is 2.54. The molecule has 1 N–H and O–H groups in total. The van der Waals surface area contributed by atoms with Crippen LogP contribution in [0.5, 0.6) is 0 Å². The molecule has 0 saturated heterocycles. The lowest BCUT2D eigenvalue weighted by molar-refractivity contribution is 0.440. The molecule has 3 rings (SSSR count). The molecule has 0 radical (unpaired) electrons. The lowest BCUT2D eigenvalue weighted by Crippen LogP contribution is -2.23. The molecule has 0 aliphatic heterocycles. The van der Waals surface area contributed by atoms with Crippen LogP contribution in [0.1, 0.15) is 44.3 Å². The zero-order chi connectivity index (χ0) is 12.7. The van der Waals surface area contributed by atoms with Crippen LogP contribution in [0, 0.1) is 17.8 Å². The van der Waals surface area contributed by atoms with Gasteiger partial charge in [-0.3, -0.25) is 4.68 Å².